The molecule has 2 rings (SSSR count). The van der Waals surface area contributed by atoms with E-state index in [4.69, 9.17) is 4.74 Å². The molecule has 1 aliphatic heterocycles. The number of ether oxygens (including phenoxy) is 2. The van der Waals surface area contributed by atoms with Crippen LogP contribution in [0.4, 0.5) is 13.2 Å². The van der Waals surface area contributed by atoms with Gasteiger partial charge in [0.2, 0.25) is 5.91 Å². The van der Waals surface area contributed by atoms with E-state index in [-0.39, 0.29) is 6.54 Å². The number of halogens is 3. The number of amides is 1. The van der Waals surface area contributed by atoms with Crippen LogP contribution in [0.1, 0.15) is 44.9 Å². The molecule has 2 aliphatic rings. The molecule has 1 saturated heterocycles. The standard InChI is InChI=1S/C16H25F3N2O4/c1-24-14(23)15(16(17,18)19,20-10-12-8-5-9-25-12)21-13(22)11-6-3-2-4-7-11/h11-12,20H,2-10H2,1H3,(H,21,22). The van der Waals surface area contributed by atoms with Gasteiger partial charge in [0.15, 0.2) is 0 Å². The monoisotopic (exact) mass is 366 g/mol. The lowest BCUT2D eigenvalue weighted by atomic mass is 9.88. The van der Waals surface area contributed by atoms with Gasteiger partial charge in [-0.1, -0.05) is 19.3 Å². The fraction of sp³-hybridized carbons (Fsp3) is 0.875. The Bertz CT molecular complexity index is 474. The number of nitrogens with one attached hydrogen (secondary N) is 2. The van der Waals surface area contributed by atoms with Gasteiger partial charge in [0.05, 0.1) is 13.2 Å². The number of carbonyl (C=O) groups is 2. The number of rotatable bonds is 6. The molecule has 1 amide bonds. The molecule has 9 heteroatoms. The normalized spacial score (nSPS) is 24.6. The summed E-state index contributed by atoms with van der Waals surface area (Å²) < 4.78 is 51.1. The molecule has 1 saturated carbocycles. The number of alkyl halides is 3. The van der Waals surface area contributed by atoms with Crippen LogP contribution in [0.5, 0.6) is 0 Å². The maximum atomic E-state index is 13.8. The van der Waals surface area contributed by atoms with E-state index in [9.17, 15) is 22.8 Å². The Labute approximate surface area is 144 Å². The van der Waals surface area contributed by atoms with Gasteiger partial charge in [-0.25, -0.2) is 4.79 Å². The topological polar surface area (TPSA) is 76.7 Å². The lowest BCUT2D eigenvalue weighted by Crippen LogP contribution is -2.73. The van der Waals surface area contributed by atoms with E-state index in [0.717, 1.165) is 32.8 Å². The molecule has 0 spiro atoms. The van der Waals surface area contributed by atoms with Crippen LogP contribution in [0, 0.1) is 5.92 Å². The summed E-state index contributed by atoms with van der Waals surface area (Å²) in [5.41, 5.74) is -3.26. The van der Waals surface area contributed by atoms with E-state index in [2.05, 4.69) is 10.1 Å². The molecule has 2 unspecified atom stereocenters. The van der Waals surface area contributed by atoms with Crippen LogP contribution in [0.15, 0.2) is 0 Å². The second-order valence-corrected chi connectivity index (χ2v) is 6.58. The number of esters is 1. The molecule has 2 atom stereocenters. The molecule has 2 N–H and O–H groups in total. The summed E-state index contributed by atoms with van der Waals surface area (Å²) in [6, 6.07) is 0. The van der Waals surface area contributed by atoms with Crippen molar-refractivity contribution in [2.75, 3.05) is 20.3 Å². The van der Waals surface area contributed by atoms with E-state index < -0.39 is 35.7 Å². The Morgan fingerprint density at radius 1 is 1.12 bits per heavy atom. The number of hydrogen-bond donors (Lipinski definition) is 2. The maximum Gasteiger partial charge on any atom is 0.436 e. The van der Waals surface area contributed by atoms with E-state index >= 15 is 0 Å². The SMILES string of the molecule is COC(=O)C(NCC1CCCO1)(NC(=O)C1CCCCC1)C(F)(F)F. The van der Waals surface area contributed by atoms with Gasteiger partial charge in [-0.3, -0.25) is 10.1 Å². The summed E-state index contributed by atoms with van der Waals surface area (Å²) in [5, 5.41) is 4.09. The molecule has 2 fully saturated rings. The Hall–Kier alpha value is -1.35. The third-order valence-electron chi connectivity index (χ3n) is 4.82. The van der Waals surface area contributed by atoms with Gasteiger partial charge >= 0.3 is 12.1 Å². The van der Waals surface area contributed by atoms with Crippen molar-refractivity contribution in [3.63, 3.8) is 0 Å². The van der Waals surface area contributed by atoms with Gasteiger partial charge in [0.1, 0.15) is 0 Å². The Morgan fingerprint density at radius 2 is 1.80 bits per heavy atom. The van der Waals surface area contributed by atoms with Gasteiger partial charge in [-0.05, 0) is 25.7 Å². The van der Waals surface area contributed by atoms with Crippen LogP contribution >= 0.6 is 0 Å². The molecule has 0 aromatic carbocycles. The van der Waals surface area contributed by atoms with Crippen molar-refractivity contribution in [2.45, 2.75) is 62.9 Å². The average molecular weight is 366 g/mol. The molecule has 1 aliphatic carbocycles. The van der Waals surface area contributed by atoms with Crippen molar-refractivity contribution in [3.8, 4) is 0 Å². The second-order valence-electron chi connectivity index (χ2n) is 6.58. The highest BCUT2D eigenvalue weighted by molar-refractivity contribution is 5.89. The highest BCUT2D eigenvalue weighted by Gasteiger charge is 2.63. The van der Waals surface area contributed by atoms with Crippen LogP contribution in [0.25, 0.3) is 0 Å². The van der Waals surface area contributed by atoms with Crippen molar-refractivity contribution in [2.24, 2.45) is 5.92 Å². The summed E-state index contributed by atoms with van der Waals surface area (Å²) >= 11 is 0. The number of carbonyl (C=O) groups excluding carboxylic acids is 2. The smallest absolute Gasteiger partial charge is 0.436 e. The summed E-state index contributed by atoms with van der Waals surface area (Å²) in [7, 11) is 0.864. The van der Waals surface area contributed by atoms with Crippen molar-refractivity contribution in [1.29, 1.82) is 0 Å². The first-order valence-electron chi connectivity index (χ1n) is 8.64. The minimum absolute atomic E-state index is 0.209. The third kappa shape index (κ3) is 4.63. The third-order valence-corrected chi connectivity index (χ3v) is 4.82. The molecule has 0 bridgehead atoms. The highest BCUT2D eigenvalue weighted by atomic mass is 19.4. The van der Waals surface area contributed by atoms with E-state index in [0.29, 0.717) is 25.9 Å². The van der Waals surface area contributed by atoms with Crippen LogP contribution < -0.4 is 10.6 Å². The fourth-order valence-electron chi connectivity index (χ4n) is 3.33. The Kier molecular flexibility index (Phi) is 6.67. The number of hydrogen-bond acceptors (Lipinski definition) is 5. The predicted molar refractivity (Wildman–Crippen MR) is 82.5 cm³/mol. The summed E-state index contributed by atoms with van der Waals surface area (Å²) in [4.78, 5) is 24.4. The summed E-state index contributed by atoms with van der Waals surface area (Å²) in [6.45, 7) is 0.261. The van der Waals surface area contributed by atoms with Crippen molar-refractivity contribution < 1.29 is 32.2 Å². The zero-order valence-corrected chi connectivity index (χ0v) is 14.3. The van der Waals surface area contributed by atoms with Gasteiger partial charge in [0, 0.05) is 19.1 Å². The van der Waals surface area contributed by atoms with Crippen LogP contribution in [0.3, 0.4) is 0 Å². The number of methoxy groups -OCH3 is 1. The summed E-state index contributed by atoms with van der Waals surface area (Å²) in [6.07, 6.45) is -0.559. The van der Waals surface area contributed by atoms with Crippen molar-refractivity contribution in [1.82, 2.24) is 10.6 Å². The molecular formula is C16H25F3N2O4. The van der Waals surface area contributed by atoms with Gasteiger partial charge in [0.25, 0.3) is 5.66 Å². The molecule has 0 aromatic heterocycles. The highest BCUT2D eigenvalue weighted by Crippen LogP contribution is 2.32. The molecule has 25 heavy (non-hydrogen) atoms. The van der Waals surface area contributed by atoms with Gasteiger partial charge in [-0.2, -0.15) is 13.2 Å². The maximum absolute atomic E-state index is 13.8. The molecule has 144 valence electrons. The largest absolute Gasteiger partial charge is 0.466 e. The quantitative estimate of drug-likeness (QED) is 0.555. The molecule has 1 heterocycles. The molecule has 0 radical (unpaired) electrons. The Morgan fingerprint density at radius 3 is 2.32 bits per heavy atom. The fourth-order valence-corrected chi connectivity index (χ4v) is 3.33. The lowest BCUT2D eigenvalue weighted by Gasteiger charge is -2.36. The van der Waals surface area contributed by atoms with Crippen LogP contribution in [0.2, 0.25) is 0 Å². The average Bonchev–Trinajstić information content (AvgIpc) is 3.11. The minimum atomic E-state index is -5.05. The lowest BCUT2D eigenvalue weighted by molar-refractivity contribution is -0.221. The van der Waals surface area contributed by atoms with Crippen LogP contribution in [-0.2, 0) is 19.1 Å². The first-order valence-corrected chi connectivity index (χ1v) is 8.64. The Balaban J connectivity index is 2.18. The second kappa shape index (κ2) is 8.35. The van der Waals surface area contributed by atoms with Gasteiger partial charge < -0.3 is 14.8 Å². The van der Waals surface area contributed by atoms with Gasteiger partial charge in [-0.15, -0.1) is 0 Å². The molecular weight excluding hydrogens is 341 g/mol. The predicted octanol–water partition coefficient (Wildman–Crippen LogP) is 1.88. The van der Waals surface area contributed by atoms with Crippen LogP contribution in [-0.4, -0.2) is 50.1 Å². The molecule has 0 aromatic rings. The van der Waals surface area contributed by atoms with E-state index in [1.165, 1.54) is 0 Å². The first kappa shape index (κ1) is 20.0. The zero-order chi connectivity index (χ0) is 18.5. The van der Waals surface area contributed by atoms with Crippen molar-refractivity contribution in [3.05, 3.63) is 0 Å². The van der Waals surface area contributed by atoms with E-state index in [1.807, 2.05) is 5.32 Å². The molecule has 6 nitrogen and oxygen atoms in total. The van der Waals surface area contributed by atoms with E-state index in [1.54, 1.807) is 0 Å². The summed E-state index contributed by atoms with van der Waals surface area (Å²) in [5.74, 6) is -2.88. The van der Waals surface area contributed by atoms with Crippen molar-refractivity contribution >= 4 is 11.9 Å². The zero-order valence-electron chi connectivity index (χ0n) is 14.3. The first-order chi connectivity index (χ1) is 11.8. The minimum Gasteiger partial charge on any atom is -0.466 e.